The summed E-state index contributed by atoms with van der Waals surface area (Å²) in [7, 11) is 1.64. The topological polar surface area (TPSA) is 51.2 Å². The molecule has 25 heavy (non-hydrogen) atoms. The highest BCUT2D eigenvalue weighted by molar-refractivity contribution is 6.07. The highest BCUT2D eigenvalue weighted by Gasteiger charge is 2.15. The van der Waals surface area contributed by atoms with Crippen molar-refractivity contribution >= 4 is 16.8 Å². The van der Waals surface area contributed by atoms with Crippen molar-refractivity contribution in [3.05, 3.63) is 60.2 Å². The second-order valence-electron chi connectivity index (χ2n) is 6.08. The number of hydrogen-bond donors (Lipinski definition) is 1. The number of nitrogens with zero attached hydrogens (tertiary/aromatic N) is 1. The molecule has 1 amide bonds. The van der Waals surface area contributed by atoms with Gasteiger partial charge in [-0.05, 0) is 49.7 Å². The van der Waals surface area contributed by atoms with Gasteiger partial charge < -0.3 is 10.1 Å². The average Bonchev–Trinajstić information content (AvgIpc) is 2.67. The summed E-state index contributed by atoms with van der Waals surface area (Å²) in [5, 5.41) is 3.91. The fourth-order valence-corrected chi connectivity index (χ4v) is 2.68. The lowest BCUT2D eigenvalue weighted by Crippen LogP contribution is -2.32. The fraction of sp³-hybridized carbons (Fsp3) is 0.238. The maximum Gasteiger partial charge on any atom is 0.252 e. The van der Waals surface area contributed by atoms with E-state index in [9.17, 15) is 4.79 Å². The van der Waals surface area contributed by atoms with E-state index < -0.39 is 0 Å². The first-order chi connectivity index (χ1) is 12.1. The first-order valence-electron chi connectivity index (χ1n) is 8.47. The van der Waals surface area contributed by atoms with Gasteiger partial charge in [-0.2, -0.15) is 0 Å². The molecule has 4 heteroatoms. The Kier molecular flexibility index (Phi) is 4.98. The minimum atomic E-state index is -0.0669. The van der Waals surface area contributed by atoms with Crippen LogP contribution < -0.4 is 10.1 Å². The first kappa shape index (κ1) is 17.0. The van der Waals surface area contributed by atoms with Gasteiger partial charge >= 0.3 is 0 Å². The van der Waals surface area contributed by atoms with Gasteiger partial charge in [-0.25, -0.2) is 4.98 Å². The van der Waals surface area contributed by atoms with Crippen molar-refractivity contribution < 1.29 is 9.53 Å². The van der Waals surface area contributed by atoms with Crippen molar-refractivity contribution in [2.45, 2.75) is 26.3 Å². The predicted octanol–water partition coefficient (Wildman–Crippen LogP) is 4.44. The first-order valence-corrected chi connectivity index (χ1v) is 8.47. The summed E-state index contributed by atoms with van der Waals surface area (Å²) in [6, 6.07) is 17.4. The van der Waals surface area contributed by atoms with Crippen LogP contribution in [0.25, 0.3) is 22.2 Å². The number of nitrogens with one attached hydrogen (secondary N) is 1. The normalized spacial score (nSPS) is 12.0. The van der Waals surface area contributed by atoms with Gasteiger partial charge in [0.1, 0.15) is 5.75 Å². The van der Waals surface area contributed by atoms with Crippen LogP contribution >= 0.6 is 0 Å². The Balaban J connectivity index is 2.09. The van der Waals surface area contributed by atoms with E-state index >= 15 is 0 Å². The third kappa shape index (κ3) is 3.63. The van der Waals surface area contributed by atoms with E-state index in [2.05, 4.69) is 12.2 Å². The number of hydrogen-bond acceptors (Lipinski definition) is 3. The summed E-state index contributed by atoms with van der Waals surface area (Å²) < 4.78 is 5.21. The molecule has 3 rings (SSSR count). The van der Waals surface area contributed by atoms with Crippen LogP contribution in [0.1, 0.15) is 30.6 Å². The zero-order chi connectivity index (χ0) is 17.8. The largest absolute Gasteiger partial charge is 0.497 e. The minimum absolute atomic E-state index is 0.0669. The maximum atomic E-state index is 12.8. The second kappa shape index (κ2) is 7.34. The van der Waals surface area contributed by atoms with Crippen LogP contribution in [0.2, 0.25) is 0 Å². The number of fused-ring (bicyclic) bond motifs is 1. The van der Waals surface area contributed by atoms with Crippen molar-refractivity contribution in [3.8, 4) is 17.0 Å². The lowest BCUT2D eigenvalue weighted by molar-refractivity contribution is 0.0941. The Bertz CT molecular complexity index is 888. The Morgan fingerprint density at radius 1 is 1.16 bits per heavy atom. The number of aromatic nitrogens is 1. The number of pyridine rings is 1. The van der Waals surface area contributed by atoms with Crippen molar-refractivity contribution in [1.29, 1.82) is 0 Å². The van der Waals surface area contributed by atoms with Gasteiger partial charge in [-0.3, -0.25) is 4.79 Å². The number of ether oxygens (including phenoxy) is 1. The molecule has 4 nitrogen and oxygen atoms in total. The molecule has 0 aliphatic rings. The molecule has 1 N–H and O–H groups in total. The van der Waals surface area contributed by atoms with Gasteiger partial charge in [-0.1, -0.05) is 25.1 Å². The molecule has 0 fully saturated rings. The number of rotatable bonds is 5. The molecule has 0 bridgehead atoms. The van der Waals surface area contributed by atoms with E-state index in [4.69, 9.17) is 9.72 Å². The van der Waals surface area contributed by atoms with Gasteiger partial charge in [0.15, 0.2) is 0 Å². The summed E-state index contributed by atoms with van der Waals surface area (Å²) in [6.45, 7) is 4.06. The molecular formula is C21H22N2O2. The lowest BCUT2D eigenvalue weighted by atomic mass is 10.0. The maximum absolute atomic E-state index is 12.8. The number of carbonyl (C=O) groups excluding carboxylic acids is 1. The summed E-state index contributed by atoms with van der Waals surface area (Å²) in [4.78, 5) is 17.5. The molecule has 0 unspecified atom stereocenters. The predicted molar refractivity (Wildman–Crippen MR) is 101 cm³/mol. The Hall–Kier alpha value is -2.88. The lowest BCUT2D eigenvalue weighted by Gasteiger charge is -2.14. The molecule has 1 aromatic heterocycles. The summed E-state index contributed by atoms with van der Waals surface area (Å²) in [6.07, 6.45) is 0.889. The average molecular weight is 334 g/mol. The summed E-state index contributed by atoms with van der Waals surface area (Å²) >= 11 is 0. The van der Waals surface area contributed by atoms with Gasteiger partial charge in [0.2, 0.25) is 0 Å². The standard InChI is InChI=1S/C21H22N2O2/c1-4-14(2)22-21(24)18-13-20(15-9-11-16(25-3)12-10-15)23-19-8-6-5-7-17(18)19/h5-14H,4H2,1-3H3,(H,22,24)/t14-/m1/s1. The molecule has 0 aliphatic carbocycles. The Morgan fingerprint density at radius 3 is 2.56 bits per heavy atom. The smallest absolute Gasteiger partial charge is 0.252 e. The zero-order valence-corrected chi connectivity index (χ0v) is 14.7. The van der Waals surface area contributed by atoms with E-state index in [1.807, 2.05) is 61.5 Å². The quantitative estimate of drug-likeness (QED) is 0.750. The van der Waals surface area contributed by atoms with E-state index in [-0.39, 0.29) is 11.9 Å². The number of benzene rings is 2. The van der Waals surface area contributed by atoms with E-state index in [1.165, 1.54) is 0 Å². The van der Waals surface area contributed by atoms with E-state index in [0.29, 0.717) is 5.56 Å². The van der Waals surface area contributed by atoms with Crippen LogP contribution in [0, 0.1) is 0 Å². The van der Waals surface area contributed by atoms with Crippen molar-refractivity contribution in [2.24, 2.45) is 0 Å². The molecule has 1 atom stereocenters. The molecule has 128 valence electrons. The number of methoxy groups -OCH3 is 1. The van der Waals surface area contributed by atoms with Crippen LogP contribution in [0.4, 0.5) is 0 Å². The summed E-state index contributed by atoms with van der Waals surface area (Å²) in [5.74, 6) is 0.724. The molecule has 0 saturated heterocycles. The van der Waals surface area contributed by atoms with Crippen LogP contribution in [0.15, 0.2) is 54.6 Å². The number of carbonyl (C=O) groups is 1. The Morgan fingerprint density at radius 2 is 1.88 bits per heavy atom. The van der Waals surface area contributed by atoms with Crippen LogP contribution in [-0.2, 0) is 0 Å². The molecule has 1 heterocycles. The second-order valence-corrected chi connectivity index (χ2v) is 6.08. The number of amides is 1. The third-order valence-electron chi connectivity index (χ3n) is 4.34. The van der Waals surface area contributed by atoms with Crippen LogP contribution in [0.3, 0.4) is 0 Å². The Labute approximate surface area is 147 Å². The monoisotopic (exact) mass is 334 g/mol. The molecule has 0 saturated carbocycles. The van der Waals surface area contributed by atoms with Gasteiger partial charge in [0.25, 0.3) is 5.91 Å². The van der Waals surface area contributed by atoms with Crippen LogP contribution in [0.5, 0.6) is 5.75 Å². The van der Waals surface area contributed by atoms with Crippen molar-refractivity contribution in [1.82, 2.24) is 10.3 Å². The SMILES string of the molecule is CC[C@@H](C)NC(=O)c1cc(-c2ccc(OC)cc2)nc2ccccc12. The molecule has 2 aromatic carbocycles. The molecule has 0 aliphatic heterocycles. The molecule has 3 aromatic rings. The van der Waals surface area contributed by atoms with Crippen molar-refractivity contribution in [3.63, 3.8) is 0 Å². The van der Waals surface area contributed by atoms with Gasteiger partial charge in [-0.15, -0.1) is 0 Å². The van der Waals surface area contributed by atoms with Gasteiger partial charge in [0, 0.05) is 17.0 Å². The molecule has 0 spiro atoms. The van der Waals surface area contributed by atoms with Gasteiger partial charge in [0.05, 0.1) is 23.9 Å². The fourth-order valence-electron chi connectivity index (χ4n) is 2.68. The molecule has 0 radical (unpaired) electrons. The number of para-hydroxylation sites is 1. The van der Waals surface area contributed by atoms with E-state index in [0.717, 1.165) is 34.3 Å². The molecular weight excluding hydrogens is 312 g/mol. The third-order valence-corrected chi connectivity index (χ3v) is 4.34. The van der Waals surface area contributed by atoms with Crippen molar-refractivity contribution in [2.75, 3.05) is 7.11 Å². The van der Waals surface area contributed by atoms with Crippen LogP contribution in [-0.4, -0.2) is 24.0 Å². The van der Waals surface area contributed by atoms with E-state index in [1.54, 1.807) is 7.11 Å². The highest BCUT2D eigenvalue weighted by atomic mass is 16.5. The zero-order valence-electron chi connectivity index (χ0n) is 14.7. The highest BCUT2D eigenvalue weighted by Crippen LogP contribution is 2.26. The summed E-state index contributed by atoms with van der Waals surface area (Å²) in [5.41, 5.74) is 3.18. The minimum Gasteiger partial charge on any atom is -0.497 e.